The smallest absolute Gasteiger partial charge is 0.269 e. The Morgan fingerprint density at radius 1 is 1.43 bits per heavy atom. The van der Waals surface area contributed by atoms with E-state index in [9.17, 15) is 9.90 Å². The van der Waals surface area contributed by atoms with Gasteiger partial charge in [0.1, 0.15) is 11.4 Å². The standard InChI is InChI=1S/C17H23N3O3/c1-4-11(2)15(10-21)18-17(22)14-9-13(19-20-14)12-7-5-6-8-16(12)23-3/h5-9,11,15,21H,4,10H2,1-3H3,(H,18,22)(H,19,20)/t11-,15+/m0/s1. The van der Waals surface area contributed by atoms with Crippen molar-refractivity contribution >= 4 is 5.91 Å². The molecule has 2 rings (SSSR count). The molecule has 6 nitrogen and oxygen atoms in total. The molecule has 1 amide bonds. The van der Waals surface area contributed by atoms with Gasteiger partial charge in [0.05, 0.1) is 25.5 Å². The van der Waals surface area contributed by atoms with Crippen LogP contribution in [0.3, 0.4) is 0 Å². The molecule has 23 heavy (non-hydrogen) atoms. The normalized spacial score (nSPS) is 13.4. The van der Waals surface area contributed by atoms with Crippen LogP contribution < -0.4 is 10.1 Å². The first kappa shape index (κ1) is 17.0. The van der Waals surface area contributed by atoms with Crippen molar-refractivity contribution in [2.45, 2.75) is 26.3 Å². The number of aromatic nitrogens is 2. The number of para-hydroxylation sites is 1. The lowest BCUT2D eigenvalue weighted by atomic mass is 10.00. The summed E-state index contributed by atoms with van der Waals surface area (Å²) in [5.41, 5.74) is 1.80. The molecule has 0 aliphatic rings. The Hall–Kier alpha value is -2.34. The maximum Gasteiger partial charge on any atom is 0.269 e. The van der Waals surface area contributed by atoms with Gasteiger partial charge in [-0.3, -0.25) is 9.89 Å². The number of hydrogen-bond donors (Lipinski definition) is 3. The zero-order valence-corrected chi connectivity index (χ0v) is 13.7. The highest BCUT2D eigenvalue weighted by molar-refractivity contribution is 5.93. The summed E-state index contributed by atoms with van der Waals surface area (Å²) < 4.78 is 5.31. The second kappa shape index (κ2) is 7.78. The Morgan fingerprint density at radius 2 is 2.17 bits per heavy atom. The summed E-state index contributed by atoms with van der Waals surface area (Å²) in [6, 6.07) is 8.89. The van der Waals surface area contributed by atoms with Gasteiger partial charge in [-0.15, -0.1) is 0 Å². The van der Waals surface area contributed by atoms with E-state index in [1.807, 2.05) is 38.1 Å². The molecule has 0 aliphatic heterocycles. The van der Waals surface area contributed by atoms with Gasteiger partial charge < -0.3 is 15.2 Å². The predicted molar refractivity (Wildman–Crippen MR) is 88.4 cm³/mol. The molecule has 0 spiro atoms. The monoisotopic (exact) mass is 317 g/mol. The molecule has 124 valence electrons. The summed E-state index contributed by atoms with van der Waals surface area (Å²) in [4.78, 5) is 12.3. The predicted octanol–water partition coefficient (Wildman–Crippen LogP) is 2.22. The van der Waals surface area contributed by atoms with Gasteiger partial charge >= 0.3 is 0 Å². The van der Waals surface area contributed by atoms with Crippen LogP contribution in [0.1, 0.15) is 30.8 Å². The van der Waals surface area contributed by atoms with Crippen LogP contribution in [0.5, 0.6) is 5.75 Å². The number of nitrogens with one attached hydrogen (secondary N) is 2. The molecule has 1 aromatic heterocycles. The van der Waals surface area contributed by atoms with Crippen LogP contribution >= 0.6 is 0 Å². The molecule has 2 aromatic rings. The van der Waals surface area contributed by atoms with E-state index < -0.39 is 0 Å². The van der Waals surface area contributed by atoms with Crippen molar-refractivity contribution in [1.82, 2.24) is 15.5 Å². The van der Waals surface area contributed by atoms with Gasteiger partial charge in [-0.1, -0.05) is 32.4 Å². The number of aliphatic hydroxyl groups excluding tert-OH is 1. The molecular weight excluding hydrogens is 294 g/mol. The van der Waals surface area contributed by atoms with E-state index in [1.165, 1.54) is 0 Å². The van der Waals surface area contributed by atoms with E-state index in [0.717, 1.165) is 12.0 Å². The first-order valence-corrected chi connectivity index (χ1v) is 7.71. The van der Waals surface area contributed by atoms with Gasteiger partial charge in [0.15, 0.2) is 0 Å². The molecule has 2 atom stereocenters. The fourth-order valence-corrected chi connectivity index (χ4v) is 2.33. The van der Waals surface area contributed by atoms with Gasteiger partial charge in [0, 0.05) is 5.56 Å². The highest BCUT2D eigenvalue weighted by Gasteiger charge is 2.20. The van der Waals surface area contributed by atoms with Crippen LogP contribution in [-0.2, 0) is 0 Å². The van der Waals surface area contributed by atoms with Crippen molar-refractivity contribution in [3.8, 4) is 17.0 Å². The third kappa shape index (κ3) is 3.90. The molecule has 0 saturated heterocycles. The van der Waals surface area contributed by atoms with E-state index in [0.29, 0.717) is 17.1 Å². The highest BCUT2D eigenvalue weighted by atomic mass is 16.5. The summed E-state index contributed by atoms with van der Waals surface area (Å²) in [5, 5.41) is 19.2. The number of H-pyrrole nitrogens is 1. The molecule has 3 N–H and O–H groups in total. The Labute approximate surface area is 135 Å². The van der Waals surface area contributed by atoms with Crippen LogP contribution in [0.25, 0.3) is 11.3 Å². The minimum atomic E-state index is -0.280. The Kier molecular flexibility index (Phi) is 5.76. The van der Waals surface area contributed by atoms with Crippen LogP contribution in [0, 0.1) is 5.92 Å². The van der Waals surface area contributed by atoms with Crippen LogP contribution in [-0.4, -0.2) is 41.0 Å². The fourth-order valence-electron chi connectivity index (χ4n) is 2.33. The third-order valence-corrected chi connectivity index (χ3v) is 4.05. The highest BCUT2D eigenvalue weighted by Crippen LogP contribution is 2.28. The molecule has 0 fully saturated rings. The Balaban J connectivity index is 2.17. The second-order valence-electron chi connectivity index (χ2n) is 5.52. The average Bonchev–Trinajstić information content (AvgIpc) is 3.08. The average molecular weight is 317 g/mol. The van der Waals surface area contributed by atoms with E-state index in [2.05, 4.69) is 15.5 Å². The van der Waals surface area contributed by atoms with Crippen molar-refractivity contribution in [3.05, 3.63) is 36.0 Å². The number of ether oxygens (including phenoxy) is 1. The van der Waals surface area contributed by atoms with Crippen molar-refractivity contribution in [2.75, 3.05) is 13.7 Å². The summed E-state index contributed by atoms with van der Waals surface area (Å²) in [5.74, 6) is 0.609. The minimum absolute atomic E-state index is 0.0890. The van der Waals surface area contributed by atoms with Gasteiger partial charge in [-0.05, 0) is 24.1 Å². The zero-order chi connectivity index (χ0) is 16.8. The first-order valence-electron chi connectivity index (χ1n) is 7.71. The van der Waals surface area contributed by atoms with E-state index in [4.69, 9.17) is 4.74 Å². The number of aromatic amines is 1. The van der Waals surface area contributed by atoms with Crippen LogP contribution in [0.15, 0.2) is 30.3 Å². The van der Waals surface area contributed by atoms with Crippen molar-refractivity contribution in [3.63, 3.8) is 0 Å². The number of nitrogens with zero attached hydrogens (tertiary/aromatic N) is 1. The molecular formula is C17H23N3O3. The Bertz CT molecular complexity index is 654. The van der Waals surface area contributed by atoms with Crippen molar-refractivity contribution in [2.24, 2.45) is 5.92 Å². The molecule has 0 aliphatic carbocycles. The molecule has 0 unspecified atom stereocenters. The lowest BCUT2D eigenvalue weighted by Crippen LogP contribution is -2.42. The number of rotatable bonds is 7. The van der Waals surface area contributed by atoms with Crippen molar-refractivity contribution in [1.29, 1.82) is 0 Å². The summed E-state index contributed by atoms with van der Waals surface area (Å²) in [6.07, 6.45) is 0.876. The van der Waals surface area contributed by atoms with E-state index >= 15 is 0 Å². The zero-order valence-electron chi connectivity index (χ0n) is 13.7. The molecule has 6 heteroatoms. The number of hydrogen-bond acceptors (Lipinski definition) is 4. The Morgan fingerprint density at radius 3 is 2.83 bits per heavy atom. The van der Waals surface area contributed by atoms with Crippen LogP contribution in [0.2, 0.25) is 0 Å². The number of carbonyl (C=O) groups is 1. The lowest BCUT2D eigenvalue weighted by Gasteiger charge is -2.21. The maximum atomic E-state index is 12.3. The largest absolute Gasteiger partial charge is 0.496 e. The third-order valence-electron chi connectivity index (χ3n) is 4.05. The maximum absolute atomic E-state index is 12.3. The topological polar surface area (TPSA) is 87.2 Å². The number of methoxy groups -OCH3 is 1. The number of carbonyl (C=O) groups excluding carboxylic acids is 1. The molecule has 1 aromatic carbocycles. The summed E-state index contributed by atoms with van der Waals surface area (Å²) in [6.45, 7) is 3.93. The summed E-state index contributed by atoms with van der Waals surface area (Å²) in [7, 11) is 1.59. The van der Waals surface area contributed by atoms with Gasteiger partial charge in [-0.2, -0.15) is 5.10 Å². The minimum Gasteiger partial charge on any atom is -0.496 e. The molecule has 1 heterocycles. The SMILES string of the molecule is CC[C@H](C)[C@@H](CO)NC(=O)c1cc(-c2ccccc2OC)n[nH]1. The quantitative estimate of drug-likeness (QED) is 0.731. The first-order chi connectivity index (χ1) is 11.1. The summed E-state index contributed by atoms with van der Waals surface area (Å²) >= 11 is 0. The second-order valence-corrected chi connectivity index (χ2v) is 5.52. The van der Waals surface area contributed by atoms with E-state index in [1.54, 1.807) is 13.2 Å². The number of amides is 1. The lowest BCUT2D eigenvalue weighted by molar-refractivity contribution is 0.0886. The fraction of sp³-hybridized carbons (Fsp3) is 0.412. The molecule has 0 saturated carbocycles. The van der Waals surface area contributed by atoms with Gasteiger partial charge in [0.2, 0.25) is 0 Å². The molecule has 0 bridgehead atoms. The molecule has 0 radical (unpaired) electrons. The number of aliphatic hydroxyl groups is 1. The van der Waals surface area contributed by atoms with E-state index in [-0.39, 0.29) is 24.5 Å². The van der Waals surface area contributed by atoms with Gasteiger partial charge in [0.25, 0.3) is 5.91 Å². The van der Waals surface area contributed by atoms with Crippen molar-refractivity contribution < 1.29 is 14.6 Å². The van der Waals surface area contributed by atoms with Crippen LogP contribution in [0.4, 0.5) is 0 Å². The van der Waals surface area contributed by atoms with Gasteiger partial charge in [-0.25, -0.2) is 0 Å². The number of benzene rings is 1.